The maximum Gasteiger partial charge on any atom is 0.355 e. The van der Waals surface area contributed by atoms with E-state index < -0.39 is 5.97 Å². The predicted molar refractivity (Wildman–Crippen MR) is 111 cm³/mol. The molecule has 1 amide bonds. The number of nitrogens with one attached hydrogen (secondary N) is 1. The van der Waals surface area contributed by atoms with Crippen molar-refractivity contribution in [2.75, 3.05) is 7.11 Å². The zero-order valence-corrected chi connectivity index (χ0v) is 16.7. The Hall–Kier alpha value is -3.38. The fraction of sp³-hybridized carbons (Fsp3) is 0.136. The molecular weight excluding hydrogens is 392 g/mol. The molecule has 7 heteroatoms. The number of hydrogen-bond donors (Lipinski definition) is 1. The first-order valence-corrected chi connectivity index (χ1v) is 9.18. The number of hydrogen-bond acceptors (Lipinski definition) is 5. The molecule has 0 unspecified atom stereocenters. The van der Waals surface area contributed by atoms with E-state index in [1.807, 2.05) is 42.5 Å². The minimum absolute atomic E-state index is 0.0401. The fourth-order valence-electron chi connectivity index (χ4n) is 2.67. The first-order chi connectivity index (χ1) is 14.0. The molecule has 0 spiro atoms. The van der Waals surface area contributed by atoms with Gasteiger partial charge in [-0.1, -0.05) is 41.9 Å². The average Bonchev–Trinajstić information content (AvgIpc) is 2.71. The number of pyridine rings is 1. The van der Waals surface area contributed by atoms with Gasteiger partial charge in [0.05, 0.1) is 12.6 Å². The van der Waals surface area contributed by atoms with Gasteiger partial charge in [-0.25, -0.2) is 9.78 Å². The predicted octanol–water partition coefficient (Wildman–Crippen LogP) is 4.12. The van der Waals surface area contributed by atoms with Gasteiger partial charge in [-0.15, -0.1) is 0 Å². The molecule has 0 aliphatic rings. The zero-order chi connectivity index (χ0) is 20.8. The SMILES string of the molecule is COc1ccc2cc(COC(=O)C(=Cc3ccccc3)NC(C)=O)c(Cl)nc2c1. The highest BCUT2D eigenvalue weighted by Crippen LogP contribution is 2.25. The van der Waals surface area contributed by atoms with E-state index in [0.717, 1.165) is 10.9 Å². The lowest BCUT2D eigenvalue weighted by Gasteiger charge is -2.11. The van der Waals surface area contributed by atoms with Crippen LogP contribution in [0.5, 0.6) is 5.75 Å². The van der Waals surface area contributed by atoms with Crippen molar-refractivity contribution in [3.63, 3.8) is 0 Å². The van der Waals surface area contributed by atoms with Gasteiger partial charge in [-0.2, -0.15) is 0 Å². The van der Waals surface area contributed by atoms with Crippen LogP contribution in [-0.2, 0) is 20.9 Å². The first kappa shape index (κ1) is 20.4. The highest BCUT2D eigenvalue weighted by Gasteiger charge is 2.15. The summed E-state index contributed by atoms with van der Waals surface area (Å²) in [6, 6.07) is 16.4. The third-order valence-corrected chi connectivity index (χ3v) is 4.38. The van der Waals surface area contributed by atoms with Crippen molar-refractivity contribution in [3.8, 4) is 5.75 Å². The van der Waals surface area contributed by atoms with Crippen molar-refractivity contribution in [2.45, 2.75) is 13.5 Å². The van der Waals surface area contributed by atoms with E-state index in [4.69, 9.17) is 21.1 Å². The molecule has 3 rings (SSSR count). The van der Waals surface area contributed by atoms with E-state index in [0.29, 0.717) is 16.8 Å². The number of amides is 1. The second kappa shape index (κ2) is 9.21. The molecule has 0 saturated heterocycles. The van der Waals surface area contributed by atoms with E-state index >= 15 is 0 Å². The Balaban J connectivity index is 1.79. The van der Waals surface area contributed by atoms with Gasteiger partial charge in [0, 0.05) is 23.9 Å². The molecule has 148 valence electrons. The van der Waals surface area contributed by atoms with Crippen LogP contribution in [0.15, 0.2) is 60.3 Å². The summed E-state index contributed by atoms with van der Waals surface area (Å²) < 4.78 is 10.6. The second-order valence-electron chi connectivity index (χ2n) is 6.22. The van der Waals surface area contributed by atoms with Crippen molar-refractivity contribution in [1.82, 2.24) is 10.3 Å². The lowest BCUT2D eigenvalue weighted by molar-refractivity contribution is -0.141. The minimum Gasteiger partial charge on any atom is -0.497 e. The van der Waals surface area contributed by atoms with E-state index in [1.54, 1.807) is 25.3 Å². The van der Waals surface area contributed by atoms with E-state index in [-0.39, 0.29) is 23.4 Å². The Morgan fingerprint density at radius 3 is 2.59 bits per heavy atom. The van der Waals surface area contributed by atoms with Gasteiger partial charge >= 0.3 is 5.97 Å². The van der Waals surface area contributed by atoms with Gasteiger partial charge in [-0.3, -0.25) is 4.79 Å². The molecule has 0 radical (unpaired) electrons. The van der Waals surface area contributed by atoms with Crippen LogP contribution in [0.1, 0.15) is 18.1 Å². The highest BCUT2D eigenvalue weighted by molar-refractivity contribution is 6.30. The second-order valence-corrected chi connectivity index (χ2v) is 6.58. The lowest BCUT2D eigenvalue weighted by atomic mass is 10.1. The minimum atomic E-state index is -0.671. The Labute approximate surface area is 173 Å². The summed E-state index contributed by atoms with van der Waals surface area (Å²) in [6.07, 6.45) is 1.55. The van der Waals surface area contributed by atoms with Crippen LogP contribution < -0.4 is 10.1 Å². The molecule has 0 aliphatic heterocycles. The summed E-state index contributed by atoms with van der Waals surface area (Å²) in [6.45, 7) is 1.24. The molecule has 0 bridgehead atoms. The Morgan fingerprint density at radius 2 is 1.90 bits per heavy atom. The normalized spacial score (nSPS) is 11.2. The number of esters is 1. The highest BCUT2D eigenvalue weighted by atomic mass is 35.5. The lowest BCUT2D eigenvalue weighted by Crippen LogP contribution is -2.26. The van der Waals surface area contributed by atoms with Crippen molar-refractivity contribution in [1.29, 1.82) is 0 Å². The molecule has 1 heterocycles. The summed E-state index contributed by atoms with van der Waals surface area (Å²) >= 11 is 6.25. The van der Waals surface area contributed by atoms with Crippen molar-refractivity contribution in [3.05, 3.63) is 76.6 Å². The standard InChI is InChI=1S/C22H19ClN2O4/c1-14(26)24-20(10-15-6-4-3-5-7-15)22(27)29-13-17-11-16-8-9-18(28-2)12-19(16)25-21(17)23/h3-12H,13H2,1-2H3,(H,24,26). The van der Waals surface area contributed by atoms with Crippen LogP contribution in [0.25, 0.3) is 17.0 Å². The topological polar surface area (TPSA) is 77.5 Å². The monoisotopic (exact) mass is 410 g/mol. The third kappa shape index (κ3) is 5.33. The van der Waals surface area contributed by atoms with Gasteiger partial charge in [-0.05, 0) is 29.8 Å². The van der Waals surface area contributed by atoms with Crippen molar-refractivity contribution < 1.29 is 19.1 Å². The molecule has 6 nitrogen and oxygen atoms in total. The van der Waals surface area contributed by atoms with Crippen molar-refractivity contribution >= 4 is 40.5 Å². The van der Waals surface area contributed by atoms with E-state index in [2.05, 4.69) is 10.3 Å². The van der Waals surface area contributed by atoms with E-state index in [9.17, 15) is 9.59 Å². The summed E-state index contributed by atoms with van der Waals surface area (Å²) in [5, 5.41) is 3.57. The van der Waals surface area contributed by atoms with Crippen LogP contribution in [0.4, 0.5) is 0 Å². The molecule has 0 aliphatic carbocycles. The number of benzene rings is 2. The first-order valence-electron chi connectivity index (χ1n) is 8.81. The summed E-state index contributed by atoms with van der Waals surface area (Å²) in [5.41, 5.74) is 2.03. The molecule has 29 heavy (non-hydrogen) atoms. The number of methoxy groups -OCH3 is 1. The Bertz CT molecular complexity index is 1080. The van der Waals surface area contributed by atoms with Gasteiger partial charge in [0.2, 0.25) is 5.91 Å². The summed E-state index contributed by atoms with van der Waals surface area (Å²) in [4.78, 5) is 28.3. The molecule has 1 aromatic heterocycles. The van der Waals surface area contributed by atoms with Gasteiger partial charge in [0.1, 0.15) is 23.2 Å². The molecule has 0 saturated carbocycles. The largest absolute Gasteiger partial charge is 0.497 e. The summed E-state index contributed by atoms with van der Waals surface area (Å²) in [5.74, 6) is -0.371. The van der Waals surface area contributed by atoms with Gasteiger partial charge in [0.15, 0.2) is 0 Å². The van der Waals surface area contributed by atoms with Gasteiger partial charge < -0.3 is 14.8 Å². The smallest absolute Gasteiger partial charge is 0.355 e. The summed E-state index contributed by atoms with van der Waals surface area (Å²) in [7, 11) is 1.58. The van der Waals surface area contributed by atoms with Crippen LogP contribution in [0, 0.1) is 0 Å². The number of fused-ring (bicyclic) bond motifs is 1. The van der Waals surface area contributed by atoms with Crippen LogP contribution in [0.2, 0.25) is 5.15 Å². The van der Waals surface area contributed by atoms with Crippen LogP contribution in [-0.4, -0.2) is 24.0 Å². The fourth-order valence-corrected chi connectivity index (χ4v) is 2.87. The van der Waals surface area contributed by atoms with Crippen LogP contribution >= 0.6 is 11.6 Å². The van der Waals surface area contributed by atoms with Crippen molar-refractivity contribution in [2.24, 2.45) is 0 Å². The molecule has 3 aromatic rings. The number of ether oxygens (including phenoxy) is 2. The number of aromatic nitrogens is 1. The third-order valence-electron chi connectivity index (χ3n) is 4.05. The molecule has 0 atom stereocenters. The number of halogens is 1. The number of carbonyl (C=O) groups is 2. The number of rotatable bonds is 6. The molecule has 2 aromatic carbocycles. The quantitative estimate of drug-likeness (QED) is 0.376. The Kier molecular flexibility index (Phi) is 6.46. The number of nitrogens with zero attached hydrogens (tertiary/aromatic N) is 1. The average molecular weight is 411 g/mol. The van der Waals surface area contributed by atoms with Crippen LogP contribution in [0.3, 0.4) is 0 Å². The Morgan fingerprint density at radius 1 is 1.14 bits per heavy atom. The molecule has 1 N–H and O–H groups in total. The maximum atomic E-state index is 12.5. The van der Waals surface area contributed by atoms with Gasteiger partial charge in [0.25, 0.3) is 0 Å². The molecular formula is C22H19ClN2O4. The molecule has 0 fully saturated rings. The zero-order valence-electron chi connectivity index (χ0n) is 15.9. The maximum absolute atomic E-state index is 12.5. The van der Waals surface area contributed by atoms with E-state index in [1.165, 1.54) is 6.92 Å². The number of carbonyl (C=O) groups excluding carboxylic acids is 2.